The molecule has 1 unspecified atom stereocenters. The Kier molecular flexibility index (Phi) is 3.78. The normalized spacial score (nSPS) is 27.8. The monoisotopic (exact) mass is 236 g/mol. The van der Waals surface area contributed by atoms with Crippen LogP contribution in [0.2, 0.25) is 0 Å². The van der Waals surface area contributed by atoms with E-state index < -0.39 is 30.5 Å². The van der Waals surface area contributed by atoms with Crippen molar-refractivity contribution in [2.45, 2.75) is 31.4 Å². The topological polar surface area (TPSA) is 151 Å². The van der Waals surface area contributed by atoms with Gasteiger partial charge in [-0.15, -0.1) is 0 Å². The van der Waals surface area contributed by atoms with Gasteiger partial charge in [-0.3, -0.25) is 9.59 Å². The Morgan fingerprint density at radius 2 is 1.94 bits per heavy atom. The summed E-state index contributed by atoms with van der Waals surface area (Å²) in [5.41, 5.74) is 5.34. The van der Waals surface area contributed by atoms with Gasteiger partial charge < -0.3 is 30.5 Å². The third kappa shape index (κ3) is 4.08. The summed E-state index contributed by atoms with van der Waals surface area (Å²) in [5, 5.41) is 27.2. The van der Waals surface area contributed by atoms with Crippen LogP contribution in [0.15, 0.2) is 0 Å². The summed E-state index contributed by atoms with van der Waals surface area (Å²) in [4.78, 5) is 22.2. The average Bonchev–Trinajstić information content (AvgIpc) is 2.09. The smallest absolute Gasteiger partial charge is 0.348 e. The first-order valence-corrected chi connectivity index (χ1v) is 4.38. The van der Waals surface area contributed by atoms with E-state index in [1.165, 1.54) is 5.32 Å². The Balaban J connectivity index is 2.67. The number of aliphatic hydroxyl groups is 3. The van der Waals surface area contributed by atoms with Crippen molar-refractivity contribution in [1.82, 2.24) is 5.32 Å². The molecule has 2 atom stereocenters. The lowest BCUT2D eigenvalue weighted by molar-refractivity contribution is -0.357. The molecule has 16 heavy (non-hydrogen) atoms. The molecule has 0 bridgehead atoms. The van der Waals surface area contributed by atoms with Crippen molar-refractivity contribution in [3.05, 3.63) is 0 Å². The fraction of sp³-hybridized carbons (Fsp3) is 0.714. The predicted octanol–water partition coefficient (Wildman–Crippen LogP) is -3.34. The molecule has 0 aromatic heterocycles. The maximum atomic E-state index is 11.1. The van der Waals surface area contributed by atoms with Gasteiger partial charge in [0.2, 0.25) is 0 Å². The molecule has 0 aliphatic carbocycles. The van der Waals surface area contributed by atoms with E-state index in [0.717, 1.165) is 0 Å². The highest BCUT2D eigenvalue weighted by Crippen LogP contribution is 2.08. The van der Waals surface area contributed by atoms with E-state index in [4.69, 9.17) is 21.1 Å². The van der Waals surface area contributed by atoms with Crippen LogP contribution in [-0.4, -0.2) is 45.8 Å². The number of ether oxygens (including phenoxy) is 2. The fourth-order valence-corrected chi connectivity index (χ4v) is 1.00. The first-order valence-electron chi connectivity index (χ1n) is 4.38. The van der Waals surface area contributed by atoms with E-state index in [-0.39, 0.29) is 12.8 Å². The molecule has 0 aromatic rings. The van der Waals surface area contributed by atoms with Crippen LogP contribution in [0, 0.1) is 0 Å². The number of nitrogens with one attached hydrogen (secondary N) is 1. The molecule has 9 heteroatoms. The Labute approximate surface area is 89.7 Å². The molecule has 0 aromatic carbocycles. The molecule has 0 spiro atoms. The van der Waals surface area contributed by atoms with Gasteiger partial charge in [0.25, 0.3) is 0 Å². The van der Waals surface area contributed by atoms with Crippen LogP contribution in [0.3, 0.4) is 0 Å². The van der Waals surface area contributed by atoms with E-state index >= 15 is 0 Å². The summed E-state index contributed by atoms with van der Waals surface area (Å²) in [7, 11) is 0. The molecule has 1 aliphatic rings. The molecule has 0 amide bonds. The highest BCUT2D eigenvalue weighted by molar-refractivity contribution is 5.78. The van der Waals surface area contributed by atoms with Crippen molar-refractivity contribution in [3.8, 4) is 0 Å². The number of carbonyl (C=O) groups is 2. The Hall–Kier alpha value is -1.26. The van der Waals surface area contributed by atoms with Crippen LogP contribution >= 0.6 is 0 Å². The molecule has 6 N–H and O–H groups in total. The maximum Gasteiger partial charge on any atom is 0.348 e. The van der Waals surface area contributed by atoms with Crippen LogP contribution in [0.1, 0.15) is 12.8 Å². The largest absolute Gasteiger partial charge is 0.411 e. The van der Waals surface area contributed by atoms with E-state index in [0.29, 0.717) is 0 Å². The van der Waals surface area contributed by atoms with Crippen molar-refractivity contribution in [2.75, 3.05) is 0 Å². The summed E-state index contributed by atoms with van der Waals surface area (Å²) in [6, 6.07) is -1.01. The summed E-state index contributed by atoms with van der Waals surface area (Å²) in [5.74, 6) is -1.65. The standard InChI is InChI=1S/C7H12N2O7/c8-3-1-2-4(10)15-6(16-5(3)11)9-7(12,13)14/h3,6,9,12-14H,1-2,8H2/t3-,6?/m1/s1. The summed E-state index contributed by atoms with van der Waals surface area (Å²) < 4.78 is 8.91. The molecule has 1 fully saturated rings. The summed E-state index contributed by atoms with van der Waals surface area (Å²) in [6.45, 7) is 0. The molecular weight excluding hydrogens is 224 g/mol. The first kappa shape index (κ1) is 12.8. The quantitative estimate of drug-likeness (QED) is 0.244. The van der Waals surface area contributed by atoms with Gasteiger partial charge in [0.1, 0.15) is 6.04 Å². The minimum atomic E-state index is -3.34. The van der Waals surface area contributed by atoms with Gasteiger partial charge in [0.05, 0.1) is 0 Å². The molecule has 9 nitrogen and oxygen atoms in total. The van der Waals surface area contributed by atoms with E-state index in [9.17, 15) is 9.59 Å². The highest BCUT2D eigenvalue weighted by atomic mass is 16.8. The Morgan fingerprint density at radius 3 is 2.50 bits per heavy atom. The second-order valence-electron chi connectivity index (χ2n) is 3.18. The van der Waals surface area contributed by atoms with Gasteiger partial charge in [-0.25, -0.2) is 0 Å². The second-order valence-corrected chi connectivity index (χ2v) is 3.18. The van der Waals surface area contributed by atoms with Crippen molar-refractivity contribution in [2.24, 2.45) is 5.73 Å². The van der Waals surface area contributed by atoms with Crippen molar-refractivity contribution >= 4 is 11.9 Å². The van der Waals surface area contributed by atoms with Gasteiger partial charge in [0, 0.05) is 6.42 Å². The van der Waals surface area contributed by atoms with Crippen molar-refractivity contribution in [3.63, 3.8) is 0 Å². The van der Waals surface area contributed by atoms with Crippen LogP contribution in [-0.2, 0) is 19.1 Å². The number of carbonyl (C=O) groups excluding carboxylic acids is 2. The zero-order valence-electron chi connectivity index (χ0n) is 8.12. The fourth-order valence-electron chi connectivity index (χ4n) is 1.00. The lowest BCUT2D eigenvalue weighted by Crippen LogP contribution is -2.55. The minimum absolute atomic E-state index is 0.0624. The number of esters is 2. The van der Waals surface area contributed by atoms with Crippen molar-refractivity contribution in [1.29, 1.82) is 0 Å². The molecule has 92 valence electrons. The third-order valence-corrected chi connectivity index (χ3v) is 1.74. The zero-order valence-corrected chi connectivity index (χ0v) is 8.12. The van der Waals surface area contributed by atoms with Gasteiger partial charge in [-0.1, -0.05) is 0 Å². The maximum absolute atomic E-state index is 11.1. The van der Waals surface area contributed by atoms with Gasteiger partial charge in [0.15, 0.2) is 0 Å². The molecule has 1 aliphatic heterocycles. The minimum Gasteiger partial charge on any atom is -0.411 e. The average molecular weight is 236 g/mol. The highest BCUT2D eigenvalue weighted by Gasteiger charge is 2.32. The predicted molar refractivity (Wildman–Crippen MR) is 45.7 cm³/mol. The SMILES string of the molecule is N[C@@H]1CCC(=O)OC(NC(O)(O)O)OC1=O. The second kappa shape index (κ2) is 4.72. The van der Waals surface area contributed by atoms with Gasteiger partial charge in [-0.2, -0.15) is 5.32 Å². The summed E-state index contributed by atoms with van der Waals surface area (Å²) >= 11 is 0. The zero-order chi connectivity index (χ0) is 12.3. The first-order chi connectivity index (χ1) is 7.28. The number of hydrogen-bond acceptors (Lipinski definition) is 9. The third-order valence-electron chi connectivity index (χ3n) is 1.74. The molecule has 0 radical (unpaired) electrons. The molecular formula is C7H12N2O7. The summed E-state index contributed by atoms with van der Waals surface area (Å²) in [6.07, 6.45) is -5.21. The molecule has 1 saturated heterocycles. The van der Waals surface area contributed by atoms with E-state index in [1.54, 1.807) is 0 Å². The van der Waals surface area contributed by atoms with Gasteiger partial charge in [-0.05, 0) is 6.42 Å². The van der Waals surface area contributed by atoms with Crippen LogP contribution < -0.4 is 11.1 Å². The Bertz CT molecular complexity index is 287. The lowest BCUT2D eigenvalue weighted by atomic mass is 10.2. The van der Waals surface area contributed by atoms with Gasteiger partial charge >= 0.3 is 24.4 Å². The lowest BCUT2D eigenvalue weighted by Gasteiger charge is -2.26. The molecule has 1 rings (SSSR count). The Morgan fingerprint density at radius 1 is 1.31 bits per heavy atom. The van der Waals surface area contributed by atoms with E-state index in [2.05, 4.69) is 9.47 Å². The van der Waals surface area contributed by atoms with Crippen LogP contribution in [0.25, 0.3) is 0 Å². The number of cyclic esters (lactones) is 2. The van der Waals surface area contributed by atoms with Crippen LogP contribution in [0.5, 0.6) is 0 Å². The number of hydrogen-bond donors (Lipinski definition) is 5. The molecule has 0 saturated carbocycles. The number of rotatable bonds is 2. The van der Waals surface area contributed by atoms with Crippen LogP contribution in [0.4, 0.5) is 0 Å². The van der Waals surface area contributed by atoms with E-state index in [1.807, 2.05) is 0 Å². The van der Waals surface area contributed by atoms with Crippen molar-refractivity contribution < 1.29 is 34.4 Å². The number of nitrogens with two attached hydrogens (primary N) is 1. The molecule has 1 heterocycles.